The van der Waals surface area contributed by atoms with Gasteiger partial charge in [-0.05, 0) is 191 Å². The van der Waals surface area contributed by atoms with E-state index in [4.69, 9.17) is 18.9 Å². The summed E-state index contributed by atoms with van der Waals surface area (Å²) in [6, 6.07) is 58.7. The zero-order chi connectivity index (χ0) is 68.2. The zero-order valence-corrected chi connectivity index (χ0v) is 53.4. The van der Waals surface area contributed by atoms with Crippen LogP contribution in [0, 0.1) is 76.1 Å². The van der Waals surface area contributed by atoms with Crippen molar-refractivity contribution in [2.24, 2.45) is 29.6 Å². The minimum absolute atomic E-state index is 0.0236. The maximum atomic E-state index is 12.7. The Balaban J connectivity index is 0.000000151. The molecule has 0 aliphatic heterocycles. The number of nitrogen functional groups attached to an aromatic ring is 2. The second-order valence-corrected chi connectivity index (χ2v) is 28.3. The molecule has 8 aromatic carbocycles. The number of carbonyl (C=O) groups is 4. The highest BCUT2D eigenvalue weighted by Crippen LogP contribution is 2.57. The largest absolute Gasteiger partial charge is 0.545 e. The summed E-state index contributed by atoms with van der Waals surface area (Å²) in [6.07, 6.45) is 15.9. The third-order valence-corrected chi connectivity index (χ3v) is 22.3. The highest BCUT2D eigenvalue weighted by Gasteiger charge is 2.53. The zero-order valence-electron chi connectivity index (χ0n) is 51.8. The molecule has 4 N–H and O–H groups in total. The van der Waals surface area contributed by atoms with Gasteiger partial charge in [0.25, 0.3) is 0 Å². The number of carboxylic acid groups (broad SMARTS) is 2. The van der Waals surface area contributed by atoms with E-state index in [1.54, 1.807) is 0 Å². The van der Waals surface area contributed by atoms with Crippen LogP contribution in [0.15, 0.2) is 199 Å². The van der Waals surface area contributed by atoms with Crippen molar-refractivity contribution >= 4 is 57.0 Å². The molecule has 0 aromatic heterocycles. The predicted molar refractivity (Wildman–Crippen MR) is 340 cm³/mol. The van der Waals surface area contributed by atoms with Crippen molar-refractivity contribution in [3.8, 4) is 11.5 Å². The van der Waals surface area contributed by atoms with E-state index in [0.717, 1.165) is 49.4 Å². The first-order chi connectivity index (χ1) is 46.2. The monoisotopic (exact) mass is 1360 g/mol. The van der Waals surface area contributed by atoms with Gasteiger partial charge in [-0.3, -0.25) is 0 Å². The van der Waals surface area contributed by atoms with Gasteiger partial charge in [-0.2, -0.15) is 0 Å². The van der Waals surface area contributed by atoms with E-state index in [0.29, 0.717) is 17.4 Å². The number of aromatic carboxylic acids is 2. The molecule has 6 aliphatic rings. The lowest BCUT2D eigenvalue weighted by Gasteiger charge is -2.55. The fraction of sp³-hybridized carbons (Fsp3) is 0.297. The third kappa shape index (κ3) is 16.6. The summed E-state index contributed by atoms with van der Waals surface area (Å²) in [7, 11) is -0.383. The van der Waals surface area contributed by atoms with Crippen LogP contribution < -0.4 is 31.2 Å². The lowest BCUT2D eigenvalue weighted by atomic mass is 9.54. The van der Waals surface area contributed by atoms with Crippen LogP contribution >= 0.6 is 0 Å². The number of ether oxygens (including phenoxy) is 4. The van der Waals surface area contributed by atoms with Crippen molar-refractivity contribution in [2.75, 3.05) is 24.7 Å². The Labute approximate surface area is 555 Å². The highest BCUT2D eigenvalue weighted by molar-refractivity contribution is 7.97. The maximum absolute atomic E-state index is 12.7. The van der Waals surface area contributed by atoms with Crippen LogP contribution in [0.2, 0.25) is 0 Å². The van der Waals surface area contributed by atoms with Crippen LogP contribution in [0.3, 0.4) is 0 Å². The molecule has 6 fully saturated rings. The Morgan fingerprint density at radius 2 is 0.740 bits per heavy atom. The van der Waals surface area contributed by atoms with Crippen LogP contribution in [0.4, 0.5) is 46.5 Å². The predicted octanol–water partition coefficient (Wildman–Crippen LogP) is 14.1. The highest BCUT2D eigenvalue weighted by atomic mass is 32.2. The van der Waals surface area contributed by atoms with Gasteiger partial charge < -0.3 is 50.2 Å². The van der Waals surface area contributed by atoms with Crippen molar-refractivity contribution < 1.29 is 83.5 Å². The number of esters is 2. The molecule has 3 unspecified atom stereocenters. The van der Waals surface area contributed by atoms with Crippen molar-refractivity contribution in [3.05, 3.63) is 228 Å². The fourth-order valence-electron chi connectivity index (χ4n) is 14.0. The third-order valence-electron chi connectivity index (χ3n) is 17.9. The van der Waals surface area contributed by atoms with E-state index in [1.165, 1.54) is 87.2 Å². The molecule has 0 amide bonds. The van der Waals surface area contributed by atoms with E-state index in [2.05, 4.69) is 145 Å². The minimum atomic E-state index is -2.36. The molecule has 502 valence electrons. The Morgan fingerprint density at radius 3 is 1.09 bits per heavy atom. The molecular formula is C74H68F8N2O10S2. The standard InChI is InChI=1S/C30H31O3S.C30H33O3S.2C7H3F4NO2/c31-29(33-30-18-22-15-23(19-30)17-24(16-22)20-30)21-32-25-11-13-28(14-12-25)34(26-7-3-1-4-8-26)27-9-5-2-6-10-27;31-30(33-29-17-9-11-23-10-7-8-16-28(23)29)22-32-24-18-20-27(21-19-24)34(25-12-3-1-4-13-25)26-14-5-2-6-15-26;2*8-2-1(7(13)14)3(9)5(11)6(12)4(2)10/h1-14,22-24H,15-21H2;1-6,12-15,18-21,23,28-29H,7-11,16-17,22H2;2*12H2,(H,13,14)/q2*+1;;/p-2. The first-order valence-electron chi connectivity index (χ1n) is 31.4. The van der Waals surface area contributed by atoms with Crippen LogP contribution in [-0.2, 0) is 40.9 Å². The maximum Gasteiger partial charge on any atom is 0.344 e. The number of carboxylic acids is 2. The summed E-state index contributed by atoms with van der Waals surface area (Å²) in [5, 5.41) is 20.2. The van der Waals surface area contributed by atoms with Crippen LogP contribution in [0.25, 0.3) is 0 Å². The molecule has 0 heterocycles. The molecule has 4 bridgehead atoms. The number of nitrogens with two attached hydrogens (primary N) is 2. The summed E-state index contributed by atoms with van der Waals surface area (Å²) >= 11 is 0. The summed E-state index contributed by atoms with van der Waals surface area (Å²) in [4.78, 5) is 53.0. The number of hydrogen-bond acceptors (Lipinski definition) is 12. The topological polar surface area (TPSA) is 203 Å². The Morgan fingerprint density at radius 1 is 0.417 bits per heavy atom. The second-order valence-electron chi connectivity index (χ2n) is 24.3. The summed E-state index contributed by atoms with van der Waals surface area (Å²) in [5.41, 5.74) is 2.56. The van der Waals surface area contributed by atoms with E-state index in [-0.39, 0.29) is 58.6 Å². The first-order valence-corrected chi connectivity index (χ1v) is 33.8. The lowest BCUT2D eigenvalue weighted by molar-refractivity contribution is -0.256. The van der Waals surface area contributed by atoms with E-state index >= 15 is 0 Å². The Hall–Kier alpha value is -9.02. The van der Waals surface area contributed by atoms with E-state index < -0.39 is 81.0 Å². The number of benzene rings is 8. The number of anilines is 2. The molecule has 6 saturated carbocycles. The van der Waals surface area contributed by atoms with Gasteiger partial charge in [0.2, 0.25) is 0 Å². The van der Waals surface area contributed by atoms with Gasteiger partial charge >= 0.3 is 11.9 Å². The number of fused-ring (bicyclic) bond motifs is 1. The van der Waals surface area contributed by atoms with Crippen LogP contribution in [0.5, 0.6) is 11.5 Å². The average Bonchev–Trinajstić information content (AvgIpc) is 0.758. The molecule has 0 spiro atoms. The minimum Gasteiger partial charge on any atom is -0.545 e. The number of rotatable bonds is 16. The van der Waals surface area contributed by atoms with Gasteiger partial charge in [-0.25, -0.2) is 44.7 Å². The molecule has 3 atom stereocenters. The van der Waals surface area contributed by atoms with Crippen molar-refractivity contribution in [2.45, 2.75) is 125 Å². The van der Waals surface area contributed by atoms with Crippen molar-refractivity contribution in [1.82, 2.24) is 0 Å². The molecule has 14 rings (SSSR count). The number of halogens is 8. The molecule has 6 aliphatic carbocycles. The summed E-state index contributed by atoms with van der Waals surface area (Å²) < 4.78 is 125. The number of carbonyl (C=O) groups excluding carboxylic acids is 4. The Kier molecular flexibility index (Phi) is 23.0. The van der Waals surface area contributed by atoms with E-state index in [9.17, 15) is 64.5 Å². The molecule has 96 heavy (non-hydrogen) atoms. The van der Waals surface area contributed by atoms with Gasteiger partial charge in [0, 0.05) is 0 Å². The fourth-order valence-corrected chi connectivity index (χ4v) is 18.1. The SMILES string of the molecule is Nc1c(F)c(F)c(C(=O)[O-])c(F)c1F.Nc1c(F)c(F)c(C(=O)[O-])c(F)c1F.O=C(COc1ccc([S+](c2ccccc2)c2ccccc2)cc1)OC12CC3CC(CC(C3)C1)C2.O=C(COc1ccc([S+](c2ccccc2)c2ccccc2)cc1)OC1CCCC2CCCCC21. The first kappa shape index (κ1) is 69.8. The van der Waals surface area contributed by atoms with Crippen LogP contribution in [-0.4, -0.2) is 48.8 Å². The van der Waals surface area contributed by atoms with Crippen molar-refractivity contribution in [3.63, 3.8) is 0 Å². The molecule has 0 saturated heterocycles. The summed E-state index contributed by atoms with van der Waals surface area (Å²) in [5.74, 6) is -16.4. The molecule has 12 nitrogen and oxygen atoms in total. The van der Waals surface area contributed by atoms with Gasteiger partial charge in [-0.1, -0.05) is 92.1 Å². The molecular weight excluding hydrogens is 1290 g/mol. The average molecular weight is 1360 g/mol. The molecule has 0 radical (unpaired) electrons. The quantitative estimate of drug-likeness (QED) is 0.0305. The number of hydrogen-bond donors (Lipinski definition) is 2. The van der Waals surface area contributed by atoms with Gasteiger partial charge in [0.05, 0.1) is 44.9 Å². The van der Waals surface area contributed by atoms with Crippen molar-refractivity contribution in [1.29, 1.82) is 0 Å². The van der Waals surface area contributed by atoms with Gasteiger partial charge in [0.1, 0.15) is 34.6 Å². The Bertz CT molecular complexity index is 3760. The normalized spacial score (nSPS) is 20.4. The van der Waals surface area contributed by atoms with Gasteiger partial charge in [0.15, 0.2) is 89.1 Å². The smallest absolute Gasteiger partial charge is 0.344 e. The second kappa shape index (κ2) is 31.7. The van der Waals surface area contributed by atoms with Crippen LogP contribution in [0.1, 0.15) is 104 Å². The molecule has 22 heteroatoms. The summed E-state index contributed by atoms with van der Waals surface area (Å²) in [6.45, 7) is -0.0551. The van der Waals surface area contributed by atoms with Gasteiger partial charge in [-0.15, -0.1) is 0 Å². The molecule has 8 aromatic rings. The van der Waals surface area contributed by atoms with E-state index in [1.807, 2.05) is 36.4 Å². The lowest BCUT2D eigenvalue weighted by Crippen LogP contribution is -2.53.